The van der Waals surface area contributed by atoms with Gasteiger partial charge in [-0.25, -0.2) is 0 Å². The second-order valence-corrected chi connectivity index (χ2v) is 4.23. The Balaban J connectivity index is 2.71. The van der Waals surface area contributed by atoms with Crippen LogP contribution in [0, 0.1) is 0 Å². The lowest BCUT2D eigenvalue weighted by molar-refractivity contribution is -0.137. The van der Waals surface area contributed by atoms with Gasteiger partial charge in [-0.15, -0.1) is 0 Å². The van der Waals surface area contributed by atoms with E-state index in [9.17, 15) is 14.4 Å². The number of carboxylic acids is 1. The van der Waals surface area contributed by atoms with Crippen molar-refractivity contribution in [2.24, 2.45) is 0 Å². The normalized spacial score (nSPS) is 11.5. The standard InChI is InChI=1S/C13H16N2O4/c1-8(6-12(17)18)14-13(19)10-4-3-5-11(7-10)15-9(2)16/h3-5,7-8H,6H2,1-2H3,(H,14,19)(H,15,16)(H,17,18). The average Bonchev–Trinajstić information content (AvgIpc) is 2.27. The average molecular weight is 264 g/mol. The summed E-state index contributed by atoms with van der Waals surface area (Å²) in [5.41, 5.74) is 0.884. The van der Waals surface area contributed by atoms with Crippen molar-refractivity contribution < 1.29 is 19.5 Å². The quantitative estimate of drug-likeness (QED) is 0.745. The zero-order valence-corrected chi connectivity index (χ0v) is 10.8. The van der Waals surface area contributed by atoms with Crippen molar-refractivity contribution in [2.45, 2.75) is 26.3 Å². The van der Waals surface area contributed by atoms with Gasteiger partial charge in [-0.1, -0.05) is 6.07 Å². The van der Waals surface area contributed by atoms with E-state index in [0.29, 0.717) is 11.3 Å². The number of anilines is 1. The highest BCUT2D eigenvalue weighted by Crippen LogP contribution is 2.10. The number of benzene rings is 1. The zero-order chi connectivity index (χ0) is 14.4. The van der Waals surface area contributed by atoms with Crippen molar-refractivity contribution in [3.63, 3.8) is 0 Å². The predicted molar refractivity (Wildman–Crippen MR) is 69.9 cm³/mol. The van der Waals surface area contributed by atoms with Crippen LogP contribution in [-0.4, -0.2) is 28.9 Å². The second kappa shape index (κ2) is 6.53. The molecule has 1 atom stereocenters. The molecule has 3 N–H and O–H groups in total. The first-order valence-electron chi connectivity index (χ1n) is 5.79. The summed E-state index contributed by atoms with van der Waals surface area (Å²) >= 11 is 0. The summed E-state index contributed by atoms with van der Waals surface area (Å²) in [7, 11) is 0. The Kier molecular flexibility index (Phi) is 5.05. The molecule has 1 rings (SSSR count). The molecule has 6 nitrogen and oxygen atoms in total. The van der Waals surface area contributed by atoms with Crippen LogP contribution in [0.4, 0.5) is 5.69 Å². The van der Waals surface area contributed by atoms with E-state index >= 15 is 0 Å². The molecule has 0 bridgehead atoms. The summed E-state index contributed by atoms with van der Waals surface area (Å²) in [6.45, 7) is 2.99. The van der Waals surface area contributed by atoms with Crippen LogP contribution in [0.15, 0.2) is 24.3 Å². The van der Waals surface area contributed by atoms with Crippen LogP contribution in [0.25, 0.3) is 0 Å². The minimum Gasteiger partial charge on any atom is -0.481 e. The summed E-state index contributed by atoms with van der Waals surface area (Å²) in [4.78, 5) is 33.3. The fraction of sp³-hybridized carbons (Fsp3) is 0.308. The SMILES string of the molecule is CC(=O)Nc1cccc(C(=O)NC(C)CC(=O)O)c1. The van der Waals surface area contributed by atoms with E-state index in [4.69, 9.17) is 5.11 Å². The molecule has 19 heavy (non-hydrogen) atoms. The Morgan fingerprint density at radius 3 is 2.58 bits per heavy atom. The molecule has 0 radical (unpaired) electrons. The first-order valence-corrected chi connectivity index (χ1v) is 5.79. The third kappa shape index (κ3) is 5.20. The molecule has 1 aromatic rings. The molecule has 0 fully saturated rings. The Bertz CT molecular complexity index is 499. The molecule has 0 aliphatic carbocycles. The maximum Gasteiger partial charge on any atom is 0.305 e. The van der Waals surface area contributed by atoms with E-state index < -0.39 is 12.0 Å². The van der Waals surface area contributed by atoms with E-state index in [1.165, 1.54) is 13.0 Å². The van der Waals surface area contributed by atoms with Gasteiger partial charge in [0.2, 0.25) is 5.91 Å². The van der Waals surface area contributed by atoms with Crippen molar-refractivity contribution in [2.75, 3.05) is 5.32 Å². The second-order valence-electron chi connectivity index (χ2n) is 4.23. The minimum absolute atomic E-state index is 0.142. The van der Waals surface area contributed by atoms with Gasteiger partial charge in [0.25, 0.3) is 5.91 Å². The monoisotopic (exact) mass is 264 g/mol. The van der Waals surface area contributed by atoms with Crippen LogP contribution in [0.2, 0.25) is 0 Å². The smallest absolute Gasteiger partial charge is 0.305 e. The molecule has 1 aromatic carbocycles. The molecule has 0 spiro atoms. The zero-order valence-electron chi connectivity index (χ0n) is 10.8. The van der Waals surface area contributed by atoms with Gasteiger partial charge >= 0.3 is 5.97 Å². The van der Waals surface area contributed by atoms with Crippen LogP contribution in [0.3, 0.4) is 0 Å². The summed E-state index contributed by atoms with van der Waals surface area (Å²) in [6, 6.07) is 5.97. The highest BCUT2D eigenvalue weighted by Gasteiger charge is 2.12. The number of hydrogen-bond acceptors (Lipinski definition) is 3. The minimum atomic E-state index is -0.972. The highest BCUT2D eigenvalue weighted by atomic mass is 16.4. The lowest BCUT2D eigenvalue weighted by Gasteiger charge is -2.12. The van der Waals surface area contributed by atoms with Crippen LogP contribution in [-0.2, 0) is 9.59 Å². The number of rotatable bonds is 5. The molecule has 0 saturated heterocycles. The molecule has 6 heteroatoms. The molecule has 0 aromatic heterocycles. The number of nitrogens with one attached hydrogen (secondary N) is 2. The summed E-state index contributed by atoms with van der Waals surface area (Å²) < 4.78 is 0. The van der Waals surface area contributed by atoms with Crippen LogP contribution in [0.5, 0.6) is 0 Å². The fourth-order valence-corrected chi connectivity index (χ4v) is 1.56. The summed E-state index contributed by atoms with van der Waals surface area (Å²) in [6.07, 6.45) is -0.142. The topological polar surface area (TPSA) is 95.5 Å². The van der Waals surface area contributed by atoms with Gasteiger partial charge in [0.1, 0.15) is 0 Å². The van der Waals surface area contributed by atoms with Gasteiger partial charge in [-0.2, -0.15) is 0 Å². The maximum absolute atomic E-state index is 11.9. The van der Waals surface area contributed by atoms with Crippen LogP contribution in [0.1, 0.15) is 30.6 Å². The maximum atomic E-state index is 11.9. The lowest BCUT2D eigenvalue weighted by atomic mass is 10.1. The molecule has 0 aliphatic heterocycles. The van der Waals surface area contributed by atoms with Gasteiger partial charge in [0.15, 0.2) is 0 Å². The van der Waals surface area contributed by atoms with Gasteiger partial charge in [-0.3, -0.25) is 14.4 Å². The number of carbonyl (C=O) groups is 3. The van der Waals surface area contributed by atoms with Crippen LogP contribution < -0.4 is 10.6 Å². The lowest BCUT2D eigenvalue weighted by Crippen LogP contribution is -2.34. The van der Waals surface area contributed by atoms with Gasteiger partial charge < -0.3 is 15.7 Å². The Morgan fingerprint density at radius 1 is 1.32 bits per heavy atom. The van der Waals surface area contributed by atoms with Crippen LogP contribution >= 0.6 is 0 Å². The van der Waals surface area contributed by atoms with E-state index in [1.54, 1.807) is 25.1 Å². The predicted octanol–water partition coefficient (Wildman–Crippen LogP) is 1.24. The largest absolute Gasteiger partial charge is 0.481 e. The molecular formula is C13H16N2O4. The molecule has 0 saturated carbocycles. The van der Waals surface area contributed by atoms with Crippen molar-refractivity contribution in [1.29, 1.82) is 0 Å². The summed E-state index contributed by atoms with van der Waals surface area (Å²) in [5, 5.41) is 13.8. The number of carbonyl (C=O) groups excluding carboxylic acids is 2. The highest BCUT2D eigenvalue weighted by molar-refractivity contribution is 5.97. The van der Waals surface area contributed by atoms with Gasteiger partial charge in [0.05, 0.1) is 6.42 Å². The van der Waals surface area contributed by atoms with Gasteiger partial charge in [0, 0.05) is 24.2 Å². The Hall–Kier alpha value is -2.37. The third-order valence-corrected chi connectivity index (χ3v) is 2.30. The van der Waals surface area contributed by atoms with Crippen molar-refractivity contribution in [3.8, 4) is 0 Å². The fourth-order valence-electron chi connectivity index (χ4n) is 1.56. The number of carboxylic acid groups (broad SMARTS) is 1. The molecule has 0 heterocycles. The van der Waals surface area contributed by atoms with Crippen molar-refractivity contribution in [3.05, 3.63) is 29.8 Å². The Labute approximate surface area is 110 Å². The number of aliphatic carboxylic acids is 1. The van der Waals surface area contributed by atoms with E-state index in [-0.39, 0.29) is 18.2 Å². The third-order valence-electron chi connectivity index (χ3n) is 2.30. The molecule has 1 unspecified atom stereocenters. The molecule has 102 valence electrons. The first-order chi connectivity index (χ1) is 8.88. The van der Waals surface area contributed by atoms with E-state index in [0.717, 1.165) is 0 Å². The number of amides is 2. The number of hydrogen-bond donors (Lipinski definition) is 3. The van der Waals surface area contributed by atoms with Gasteiger partial charge in [-0.05, 0) is 25.1 Å². The van der Waals surface area contributed by atoms with Crippen molar-refractivity contribution in [1.82, 2.24) is 5.32 Å². The molecular weight excluding hydrogens is 248 g/mol. The first kappa shape index (κ1) is 14.7. The summed E-state index contributed by atoms with van der Waals surface area (Å²) in [5.74, 6) is -1.57. The Morgan fingerprint density at radius 2 is 2.00 bits per heavy atom. The molecule has 0 aliphatic rings. The van der Waals surface area contributed by atoms with Crippen molar-refractivity contribution >= 4 is 23.5 Å². The van der Waals surface area contributed by atoms with E-state index in [2.05, 4.69) is 10.6 Å². The van der Waals surface area contributed by atoms with E-state index in [1.807, 2.05) is 0 Å². The molecule has 2 amide bonds.